The molecule has 1 aromatic carbocycles. The SMILES string of the molecule is COc1ccccc1N1CCN(C(=O)Cn2nc(C)c(C)c(C#N)c2=O)CC1. The number of carbonyl (C=O) groups excluding carboxylic acids is 1. The molecule has 1 aliphatic heterocycles. The second-order valence-corrected chi connectivity index (χ2v) is 6.70. The Hall–Kier alpha value is -3.34. The maximum atomic E-state index is 12.7. The summed E-state index contributed by atoms with van der Waals surface area (Å²) in [5.41, 5.74) is 1.65. The summed E-state index contributed by atoms with van der Waals surface area (Å²) >= 11 is 0. The maximum Gasteiger partial charge on any atom is 0.285 e. The standard InChI is InChI=1S/C20H23N5O3/c1-14-15(2)22-25(20(27)16(14)12-21)13-19(26)24-10-8-23(9-11-24)17-6-4-5-7-18(17)28-3/h4-7H,8-11,13H2,1-3H3. The van der Waals surface area contributed by atoms with Crippen molar-refractivity contribution in [3.8, 4) is 11.8 Å². The van der Waals surface area contributed by atoms with Crippen molar-refractivity contribution in [1.82, 2.24) is 14.7 Å². The summed E-state index contributed by atoms with van der Waals surface area (Å²) < 4.78 is 6.51. The molecule has 2 heterocycles. The van der Waals surface area contributed by atoms with E-state index in [1.807, 2.05) is 30.3 Å². The lowest BCUT2D eigenvalue weighted by Crippen LogP contribution is -2.50. The molecule has 3 rings (SSSR count). The smallest absolute Gasteiger partial charge is 0.285 e. The molecule has 1 aliphatic rings. The van der Waals surface area contributed by atoms with Gasteiger partial charge >= 0.3 is 0 Å². The molecule has 1 fully saturated rings. The summed E-state index contributed by atoms with van der Waals surface area (Å²) in [7, 11) is 1.64. The number of para-hydroxylation sites is 2. The third-order valence-corrected chi connectivity index (χ3v) is 5.09. The van der Waals surface area contributed by atoms with Gasteiger partial charge in [0.15, 0.2) is 0 Å². The highest BCUT2D eigenvalue weighted by Gasteiger charge is 2.24. The molecule has 0 bridgehead atoms. The molecule has 1 amide bonds. The lowest BCUT2D eigenvalue weighted by atomic mass is 10.1. The molecule has 28 heavy (non-hydrogen) atoms. The fourth-order valence-corrected chi connectivity index (χ4v) is 3.33. The fraction of sp³-hybridized carbons (Fsp3) is 0.400. The monoisotopic (exact) mass is 381 g/mol. The first-order chi connectivity index (χ1) is 13.5. The van der Waals surface area contributed by atoms with Gasteiger partial charge in [-0.05, 0) is 31.5 Å². The molecular formula is C20H23N5O3. The van der Waals surface area contributed by atoms with Gasteiger partial charge < -0.3 is 14.5 Å². The van der Waals surface area contributed by atoms with Crippen molar-refractivity contribution in [3.05, 3.63) is 51.4 Å². The van der Waals surface area contributed by atoms with Crippen LogP contribution in [-0.2, 0) is 11.3 Å². The average Bonchev–Trinajstić information content (AvgIpc) is 2.72. The Kier molecular flexibility index (Phi) is 5.64. The zero-order valence-electron chi connectivity index (χ0n) is 16.3. The number of aryl methyl sites for hydroxylation is 1. The highest BCUT2D eigenvalue weighted by atomic mass is 16.5. The molecule has 0 radical (unpaired) electrons. The van der Waals surface area contributed by atoms with Gasteiger partial charge in [0.05, 0.1) is 18.5 Å². The van der Waals surface area contributed by atoms with Crippen LogP contribution in [0.15, 0.2) is 29.1 Å². The minimum atomic E-state index is -0.522. The van der Waals surface area contributed by atoms with Gasteiger partial charge in [0.1, 0.15) is 23.9 Å². The molecule has 8 nitrogen and oxygen atoms in total. The van der Waals surface area contributed by atoms with Gasteiger partial charge in [-0.15, -0.1) is 0 Å². The predicted octanol–water partition coefficient (Wildman–Crippen LogP) is 1.09. The summed E-state index contributed by atoms with van der Waals surface area (Å²) in [5, 5.41) is 13.4. The summed E-state index contributed by atoms with van der Waals surface area (Å²) in [6.07, 6.45) is 0. The van der Waals surface area contributed by atoms with Crippen LogP contribution in [-0.4, -0.2) is 53.9 Å². The number of carbonyl (C=O) groups is 1. The quantitative estimate of drug-likeness (QED) is 0.787. The number of nitrogens with zero attached hydrogens (tertiary/aromatic N) is 5. The third-order valence-electron chi connectivity index (χ3n) is 5.09. The zero-order chi connectivity index (χ0) is 20.3. The Balaban J connectivity index is 1.69. The van der Waals surface area contributed by atoms with Crippen LogP contribution in [0.1, 0.15) is 16.8 Å². The number of hydrogen-bond donors (Lipinski definition) is 0. The Bertz CT molecular complexity index is 984. The second kappa shape index (κ2) is 8.13. The van der Waals surface area contributed by atoms with Crippen molar-refractivity contribution in [1.29, 1.82) is 5.26 Å². The number of rotatable bonds is 4. The molecule has 1 aromatic heterocycles. The van der Waals surface area contributed by atoms with Gasteiger partial charge in [-0.25, -0.2) is 4.68 Å². The first kappa shape index (κ1) is 19.4. The van der Waals surface area contributed by atoms with Crippen molar-refractivity contribution in [3.63, 3.8) is 0 Å². The molecule has 8 heteroatoms. The first-order valence-corrected chi connectivity index (χ1v) is 9.10. The van der Waals surface area contributed by atoms with E-state index in [-0.39, 0.29) is 18.0 Å². The Labute approximate surface area is 163 Å². The number of benzene rings is 1. The van der Waals surface area contributed by atoms with Gasteiger partial charge in [0, 0.05) is 26.2 Å². The van der Waals surface area contributed by atoms with Crippen LogP contribution < -0.4 is 15.2 Å². The van der Waals surface area contributed by atoms with Gasteiger partial charge in [-0.1, -0.05) is 12.1 Å². The molecular weight excluding hydrogens is 358 g/mol. The number of nitriles is 1. The number of methoxy groups -OCH3 is 1. The molecule has 0 saturated carbocycles. The summed E-state index contributed by atoms with van der Waals surface area (Å²) in [6, 6.07) is 9.71. The largest absolute Gasteiger partial charge is 0.495 e. The maximum absolute atomic E-state index is 12.7. The van der Waals surface area contributed by atoms with Crippen LogP contribution in [0.5, 0.6) is 5.75 Å². The number of piperazine rings is 1. The summed E-state index contributed by atoms with van der Waals surface area (Å²) in [4.78, 5) is 29.0. The van der Waals surface area contributed by atoms with E-state index in [9.17, 15) is 14.9 Å². The lowest BCUT2D eigenvalue weighted by molar-refractivity contribution is -0.132. The number of anilines is 1. The van der Waals surface area contributed by atoms with Crippen molar-refractivity contribution in [2.45, 2.75) is 20.4 Å². The number of ether oxygens (including phenoxy) is 1. The van der Waals surface area contributed by atoms with Crippen molar-refractivity contribution < 1.29 is 9.53 Å². The number of amides is 1. The lowest BCUT2D eigenvalue weighted by Gasteiger charge is -2.36. The third kappa shape index (κ3) is 3.69. The normalized spacial score (nSPS) is 13.9. The van der Waals surface area contributed by atoms with Crippen LogP contribution in [0.4, 0.5) is 5.69 Å². The van der Waals surface area contributed by atoms with Gasteiger partial charge in [-0.3, -0.25) is 9.59 Å². The molecule has 0 N–H and O–H groups in total. The minimum absolute atomic E-state index is 0.0429. The van der Waals surface area contributed by atoms with E-state index in [1.54, 1.807) is 25.9 Å². The molecule has 2 aromatic rings. The summed E-state index contributed by atoms with van der Waals surface area (Å²) in [5.74, 6) is 0.624. The highest BCUT2D eigenvalue weighted by Crippen LogP contribution is 2.28. The zero-order valence-corrected chi connectivity index (χ0v) is 16.3. The van der Waals surface area contributed by atoms with Crippen LogP contribution in [0.3, 0.4) is 0 Å². The van der Waals surface area contributed by atoms with E-state index in [1.165, 1.54) is 0 Å². The topological polar surface area (TPSA) is 91.5 Å². The molecule has 0 unspecified atom stereocenters. The van der Waals surface area contributed by atoms with Gasteiger partial charge in [-0.2, -0.15) is 10.4 Å². The van der Waals surface area contributed by atoms with E-state index >= 15 is 0 Å². The van der Waals surface area contributed by atoms with Crippen LogP contribution in [0.25, 0.3) is 0 Å². The van der Waals surface area contributed by atoms with Crippen LogP contribution in [0, 0.1) is 25.2 Å². The van der Waals surface area contributed by atoms with E-state index in [0.29, 0.717) is 37.4 Å². The molecule has 0 atom stereocenters. The van der Waals surface area contributed by atoms with Gasteiger partial charge in [0.25, 0.3) is 5.56 Å². The molecule has 0 aliphatic carbocycles. The van der Waals surface area contributed by atoms with E-state index in [2.05, 4.69) is 10.00 Å². The van der Waals surface area contributed by atoms with Crippen molar-refractivity contribution in [2.24, 2.45) is 0 Å². The van der Waals surface area contributed by atoms with Gasteiger partial charge in [0.2, 0.25) is 5.91 Å². The summed E-state index contributed by atoms with van der Waals surface area (Å²) in [6.45, 7) is 5.68. The van der Waals surface area contributed by atoms with Crippen LogP contribution in [0.2, 0.25) is 0 Å². The van der Waals surface area contributed by atoms with Crippen molar-refractivity contribution >= 4 is 11.6 Å². The Morgan fingerprint density at radius 2 is 1.89 bits per heavy atom. The highest BCUT2D eigenvalue weighted by molar-refractivity contribution is 5.76. The average molecular weight is 381 g/mol. The second-order valence-electron chi connectivity index (χ2n) is 6.70. The first-order valence-electron chi connectivity index (χ1n) is 9.10. The number of aromatic nitrogens is 2. The van der Waals surface area contributed by atoms with E-state index in [4.69, 9.17) is 4.74 Å². The molecule has 1 saturated heterocycles. The fourth-order valence-electron chi connectivity index (χ4n) is 3.33. The Morgan fingerprint density at radius 3 is 2.54 bits per heavy atom. The predicted molar refractivity (Wildman–Crippen MR) is 104 cm³/mol. The molecule has 0 spiro atoms. The van der Waals surface area contributed by atoms with Crippen LogP contribution >= 0.6 is 0 Å². The Morgan fingerprint density at radius 1 is 1.21 bits per heavy atom. The molecule has 146 valence electrons. The van der Waals surface area contributed by atoms with E-state index < -0.39 is 5.56 Å². The van der Waals surface area contributed by atoms with E-state index in [0.717, 1.165) is 16.1 Å². The van der Waals surface area contributed by atoms with Crippen molar-refractivity contribution in [2.75, 3.05) is 38.2 Å². The number of hydrogen-bond acceptors (Lipinski definition) is 6. The minimum Gasteiger partial charge on any atom is -0.495 e.